The third kappa shape index (κ3) is 6.93. The van der Waals surface area contributed by atoms with Gasteiger partial charge in [0.15, 0.2) is 0 Å². The molecule has 0 aromatic heterocycles. The van der Waals surface area contributed by atoms with E-state index in [-0.39, 0.29) is 0 Å². The first-order valence-electron chi connectivity index (χ1n) is 8.78. The number of benzene rings is 2. The van der Waals surface area contributed by atoms with E-state index in [0.29, 0.717) is 0 Å². The predicted molar refractivity (Wildman–Crippen MR) is 99.6 cm³/mol. The van der Waals surface area contributed by atoms with E-state index in [1.54, 1.807) is 0 Å². The molecule has 0 atom stereocenters. The van der Waals surface area contributed by atoms with Crippen LogP contribution in [0.4, 0.5) is 0 Å². The van der Waals surface area contributed by atoms with Crippen LogP contribution >= 0.6 is 0 Å². The molecule has 2 rings (SSSR count). The monoisotopic (exact) mass is 296 g/mol. The molecule has 0 heterocycles. The van der Waals surface area contributed by atoms with Crippen LogP contribution in [0.25, 0.3) is 0 Å². The van der Waals surface area contributed by atoms with E-state index < -0.39 is 0 Å². The van der Waals surface area contributed by atoms with Gasteiger partial charge in [-0.2, -0.15) is 0 Å². The molecule has 0 saturated heterocycles. The molecule has 0 spiro atoms. The zero-order chi connectivity index (χ0) is 16.2. The Hall–Kier alpha value is -1.56. The maximum Gasteiger partial charge on any atom is -0.0276 e. The first-order valence-corrected chi connectivity index (χ1v) is 8.78. The lowest BCUT2D eigenvalue weighted by Crippen LogP contribution is -1.87. The van der Waals surface area contributed by atoms with Gasteiger partial charge in [0.2, 0.25) is 0 Å². The number of rotatable bonds is 6. The molecule has 0 saturated carbocycles. The maximum absolute atomic E-state index is 2.23. The van der Waals surface area contributed by atoms with Crippen molar-refractivity contribution < 1.29 is 0 Å². The van der Waals surface area contributed by atoms with Gasteiger partial charge in [0, 0.05) is 0 Å². The SMILES string of the molecule is CCCCc1ccccc1C.CCCCc1ccccc1C. The van der Waals surface area contributed by atoms with Crippen LogP contribution in [0.3, 0.4) is 0 Å². The van der Waals surface area contributed by atoms with Crippen molar-refractivity contribution in [3.05, 3.63) is 70.8 Å². The minimum atomic E-state index is 1.24. The van der Waals surface area contributed by atoms with Gasteiger partial charge in [-0.05, 0) is 61.8 Å². The van der Waals surface area contributed by atoms with E-state index in [1.165, 1.54) is 60.8 Å². The van der Waals surface area contributed by atoms with Crippen LogP contribution < -0.4 is 0 Å². The lowest BCUT2D eigenvalue weighted by atomic mass is 10.0. The van der Waals surface area contributed by atoms with Gasteiger partial charge in [-0.3, -0.25) is 0 Å². The topological polar surface area (TPSA) is 0 Å². The molecule has 2 aromatic carbocycles. The number of hydrogen-bond donors (Lipinski definition) is 0. The standard InChI is InChI=1S/2C11H16/c2*1-3-4-8-11-9-6-5-7-10(11)2/h2*5-7,9H,3-4,8H2,1-2H3. The van der Waals surface area contributed by atoms with Gasteiger partial charge in [0.25, 0.3) is 0 Å². The van der Waals surface area contributed by atoms with E-state index in [4.69, 9.17) is 0 Å². The van der Waals surface area contributed by atoms with Gasteiger partial charge in [-0.25, -0.2) is 0 Å². The summed E-state index contributed by atoms with van der Waals surface area (Å²) < 4.78 is 0. The van der Waals surface area contributed by atoms with Crippen LogP contribution in [0.2, 0.25) is 0 Å². The van der Waals surface area contributed by atoms with Gasteiger partial charge in [-0.1, -0.05) is 75.2 Å². The van der Waals surface area contributed by atoms with E-state index in [1.807, 2.05) is 0 Å². The molecular formula is C22H32. The van der Waals surface area contributed by atoms with Gasteiger partial charge < -0.3 is 0 Å². The highest BCUT2D eigenvalue weighted by molar-refractivity contribution is 5.26. The molecule has 0 radical (unpaired) electrons. The van der Waals surface area contributed by atoms with Crippen LogP contribution in [0, 0.1) is 13.8 Å². The highest BCUT2D eigenvalue weighted by Crippen LogP contribution is 2.10. The Kier molecular flexibility index (Phi) is 9.30. The molecule has 0 amide bonds. The number of aryl methyl sites for hydroxylation is 4. The van der Waals surface area contributed by atoms with E-state index in [2.05, 4.69) is 76.2 Å². The van der Waals surface area contributed by atoms with Crippen molar-refractivity contribution in [1.29, 1.82) is 0 Å². The van der Waals surface area contributed by atoms with Crippen LogP contribution in [0.1, 0.15) is 61.8 Å². The molecule has 0 aliphatic carbocycles. The van der Waals surface area contributed by atoms with Crippen LogP contribution in [0.15, 0.2) is 48.5 Å². The van der Waals surface area contributed by atoms with Crippen molar-refractivity contribution >= 4 is 0 Å². The van der Waals surface area contributed by atoms with Gasteiger partial charge in [-0.15, -0.1) is 0 Å². The van der Waals surface area contributed by atoms with E-state index >= 15 is 0 Å². The average molecular weight is 296 g/mol. The minimum absolute atomic E-state index is 1.24. The van der Waals surface area contributed by atoms with Crippen molar-refractivity contribution in [2.45, 2.75) is 66.2 Å². The zero-order valence-corrected chi connectivity index (χ0v) is 14.9. The van der Waals surface area contributed by atoms with E-state index in [0.717, 1.165) is 0 Å². The Morgan fingerprint density at radius 1 is 0.591 bits per heavy atom. The summed E-state index contributed by atoms with van der Waals surface area (Å²) in [6.07, 6.45) is 7.67. The fourth-order valence-electron chi connectivity index (χ4n) is 2.52. The van der Waals surface area contributed by atoms with Crippen LogP contribution in [-0.2, 0) is 12.8 Å². The summed E-state index contributed by atoms with van der Waals surface area (Å²) >= 11 is 0. The zero-order valence-electron chi connectivity index (χ0n) is 14.9. The molecule has 0 nitrogen and oxygen atoms in total. The largest absolute Gasteiger partial charge is 0.0654 e. The fourth-order valence-corrected chi connectivity index (χ4v) is 2.52. The molecular weight excluding hydrogens is 264 g/mol. The summed E-state index contributed by atoms with van der Waals surface area (Å²) in [5.74, 6) is 0. The third-order valence-electron chi connectivity index (χ3n) is 4.12. The summed E-state index contributed by atoms with van der Waals surface area (Å²) in [7, 11) is 0. The normalized spacial score (nSPS) is 10.0. The van der Waals surface area contributed by atoms with Crippen molar-refractivity contribution in [2.75, 3.05) is 0 Å². The van der Waals surface area contributed by atoms with Gasteiger partial charge >= 0.3 is 0 Å². The first kappa shape index (κ1) is 18.5. The summed E-state index contributed by atoms with van der Waals surface area (Å²) in [5, 5.41) is 0. The molecule has 120 valence electrons. The molecule has 0 unspecified atom stereocenters. The fraction of sp³-hybridized carbons (Fsp3) is 0.455. The summed E-state index contributed by atoms with van der Waals surface area (Å²) in [4.78, 5) is 0. The molecule has 0 heteroatoms. The van der Waals surface area contributed by atoms with Gasteiger partial charge in [0.1, 0.15) is 0 Å². The summed E-state index contributed by atoms with van der Waals surface area (Å²) in [6, 6.07) is 17.3. The third-order valence-corrected chi connectivity index (χ3v) is 4.12. The lowest BCUT2D eigenvalue weighted by Gasteiger charge is -2.02. The number of hydrogen-bond acceptors (Lipinski definition) is 0. The molecule has 0 fully saturated rings. The van der Waals surface area contributed by atoms with Crippen molar-refractivity contribution in [1.82, 2.24) is 0 Å². The Morgan fingerprint density at radius 2 is 0.955 bits per heavy atom. The second-order valence-electron chi connectivity index (χ2n) is 6.06. The Bertz CT molecular complexity index is 476. The van der Waals surface area contributed by atoms with Crippen LogP contribution in [0.5, 0.6) is 0 Å². The number of unbranched alkanes of at least 4 members (excludes halogenated alkanes) is 2. The minimum Gasteiger partial charge on any atom is -0.0654 e. The quantitative estimate of drug-likeness (QED) is 0.558. The maximum atomic E-state index is 2.23. The van der Waals surface area contributed by atoms with Crippen molar-refractivity contribution in [2.24, 2.45) is 0 Å². The molecule has 22 heavy (non-hydrogen) atoms. The predicted octanol–water partition coefficient (Wildman–Crippen LogP) is 6.68. The molecule has 0 aliphatic heterocycles. The highest BCUT2D eigenvalue weighted by Gasteiger charge is 1.94. The van der Waals surface area contributed by atoms with Crippen LogP contribution in [-0.4, -0.2) is 0 Å². The van der Waals surface area contributed by atoms with E-state index in [9.17, 15) is 0 Å². The average Bonchev–Trinajstić information content (AvgIpc) is 2.54. The molecule has 0 N–H and O–H groups in total. The second kappa shape index (κ2) is 11.1. The second-order valence-corrected chi connectivity index (χ2v) is 6.06. The molecule has 0 bridgehead atoms. The van der Waals surface area contributed by atoms with Crippen molar-refractivity contribution in [3.63, 3.8) is 0 Å². The Balaban J connectivity index is 0.000000220. The van der Waals surface area contributed by atoms with Gasteiger partial charge in [0.05, 0.1) is 0 Å². The molecule has 0 aliphatic rings. The molecule has 2 aromatic rings. The Labute approximate surface area is 137 Å². The van der Waals surface area contributed by atoms with Crippen molar-refractivity contribution in [3.8, 4) is 0 Å². The lowest BCUT2D eigenvalue weighted by molar-refractivity contribution is 0.791. The highest BCUT2D eigenvalue weighted by atomic mass is 14.0. The summed E-state index contributed by atoms with van der Waals surface area (Å²) in [5.41, 5.74) is 5.88. The first-order chi connectivity index (χ1) is 10.7. The Morgan fingerprint density at radius 3 is 1.27 bits per heavy atom. The summed E-state index contributed by atoms with van der Waals surface area (Å²) in [6.45, 7) is 8.84. The smallest absolute Gasteiger partial charge is 0.0276 e.